The molecular formula is C47H92NO8P. The van der Waals surface area contributed by atoms with E-state index in [1.54, 1.807) is 0 Å². The zero-order valence-corrected chi connectivity index (χ0v) is 38.2. The predicted molar refractivity (Wildman–Crippen MR) is 238 cm³/mol. The number of aliphatic hydroxyl groups is 1. The minimum Gasteiger partial charge on any atom is -0.463 e. The van der Waals surface area contributed by atoms with Crippen LogP contribution in [-0.4, -0.2) is 54.3 Å². The first-order valence-electron chi connectivity index (χ1n) is 24.2. The van der Waals surface area contributed by atoms with Crippen molar-refractivity contribution in [3.8, 4) is 0 Å². The van der Waals surface area contributed by atoms with Crippen LogP contribution in [0.3, 0.4) is 0 Å². The molecule has 0 aromatic rings. The Hall–Kier alpha value is -1.25. The number of carbonyl (C=O) groups excluding carboxylic acids is 2. The van der Waals surface area contributed by atoms with Crippen LogP contribution in [0, 0.1) is 0 Å². The number of allylic oxidation sites excluding steroid dienone is 2. The SMILES string of the molecule is CCCCCCCC/C=C\CCCCCCCC(=O)OCC(O)COP(=O)(O)OCCNC(=O)CCCCCCCCCCCCCCCCCCCCCCC. The van der Waals surface area contributed by atoms with Crippen molar-refractivity contribution in [2.75, 3.05) is 26.4 Å². The molecule has 0 fully saturated rings. The summed E-state index contributed by atoms with van der Waals surface area (Å²) in [4.78, 5) is 34.0. The number of hydrogen-bond acceptors (Lipinski definition) is 7. The second-order valence-corrected chi connectivity index (χ2v) is 17.9. The summed E-state index contributed by atoms with van der Waals surface area (Å²) in [5, 5.41) is 12.7. The molecule has 3 N–H and O–H groups in total. The number of esters is 1. The van der Waals surface area contributed by atoms with Gasteiger partial charge in [0, 0.05) is 19.4 Å². The first kappa shape index (κ1) is 55.8. The van der Waals surface area contributed by atoms with Gasteiger partial charge in [0.2, 0.25) is 5.91 Å². The highest BCUT2D eigenvalue weighted by Gasteiger charge is 2.23. The number of unbranched alkanes of at least 4 members (excludes halogenated alkanes) is 31. The molecule has 0 aliphatic heterocycles. The molecule has 0 radical (unpaired) electrons. The summed E-state index contributed by atoms with van der Waals surface area (Å²) in [6.45, 7) is 3.58. The number of hydrogen-bond donors (Lipinski definition) is 3. The normalized spacial score (nSPS) is 13.3. The molecule has 0 saturated heterocycles. The van der Waals surface area contributed by atoms with Gasteiger partial charge in [0.15, 0.2) is 0 Å². The highest BCUT2D eigenvalue weighted by molar-refractivity contribution is 7.47. The van der Waals surface area contributed by atoms with Crippen molar-refractivity contribution in [3.05, 3.63) is 12.2 Å². The van der Waals surface area contributed by atoms with Gasteiger partial charge < -0.3 is 20.1 Å². The van der Waals surface area contributed by atoms with E-state index in [1.807, 2.05) is 0 Å². The second kappa shape index (κ2) is 44.3. The molecule has 9 nitrogen and oxygen atoms in total. The van der Waals surface area contributed by atoms with Crippen LogP contribution in [-0.2, 0) is 27.9 Å². The minimum absolute atomic E-state index is 0.0858. The third-order valence-electron chi connectivity index (χ3n) is 10.7. The van der Waals surface area contributed by atoms with E-state index < -0.39 is 26.5 Å². The maximum absolute atomic E-state index is 12.1. The minimum atomic E-state index is -4.42. The third kappa shape index (κ3) is 45.7. The number of ether oxygens (including phenoxy) is 1. The molecule has 0 aromatic heterocycles. The maximum atomic E-state index is 12.1. The standard InChI is InChI=1S/C47H92NO8P/c1-3-5-7-9-11-13-15-17-19-20-21-22-23-24-26-27-29-31-33-35-37-39-46(50)48-41-42-55-57(52,53)56-44-45(49)43-54-47(51)40-38-36-34-32-30-28-25-18-16-14-12-10-8-6-4-2/h18,25,45,49H,3-17,19-24,26-44H2,1-2H3,(H,48,50)(H,52,53)/b25-18-. The van der Waals surface area contributed by atoms with Gasteiger partial charge in [0.1, 0.15) is 12.7 Å². The van der Waals surface area contributed by atoms with Crippen molar-refractivity contribution in [3.63, 3.8) is 0 Å². The lowest BCUT2D eigenvalue weighted by Crippen LogP contribution is -2.27. The van der Waals surface area contributed by atoms with E-state index >= 15 is 0 Å². The number of phosphoric acid groups is 1. The van der Waals surface area contributed by atoms with Crippen LogP contribution < -0.4 is 5.32 Å². The van der Waals surface area contributed by atoms with Gasteiger partial charge in [-0.3, -0.25) is 18.6 Å². The molecule has 0 heterocycles. The van der Waals surface area contributed by atoms with Crippen molar-refractivity contribution in [2.24, 2.45) is 0 Å². The molecule has 0 aromatic carbocycles. The third-order valence-corrected chi connectivity index (χ3v) is 11.7. The van der Waals surface area contributed by atoms with Crippen molar-refractivity contribution >= 4 is 19.7 Å². The summed E-state index contributed by atoms with van der Waals surface area (Å²) in [6.07, 6.45) is 47.2. The fraction of sp³-hybridized carbons (Fsp3) is 0.915. The van der Waals surface area contributed by atoms with Gasteiger partial charge in [0.25, 0.3) is 0 Å². The molecule has 0 aliphatic rings. The Morgan fingerprint density at radius 2 is 0.895 bits per heavy atom. The molecule has 0 aliphatic carbocycles. The van der Waals surface area contributed by atoms with Gasteiger partial charge in [-0.2, -0.15) is 0 Å². The fourth-order valence-electron chi connectivity index (χ4n) is 7.02. The maximum Gasteiger partial charge on any atom is 0.472 e. The molecule has 0 spiro atoms. The number of phosphoric ester groups is 1. The smallest absolute Gasteiger partial charge is 0.463 e. The average molecular weight is 830 g/mol. The van der Waals surface area contributed by atoms with Crippen molar-refractivity contribution in [1.82, 2.24) is 5.32 Å². The van der Waals surface area contributed by atoms with E-state index in [2.05, 4.69) is 31.3 Å². The zero-order valence-electron chi connectivity index (χ0n) is 37.3. The summed E-state index contributed by atoms with van der Waals surface area (Å²) in [6, 6.07) is 0. The summed E-state index contributed by atoms with van der Waals surface area (Å²) in [5.74, 6) is -0.513. The highest BCUT2D eigenvalue weighted by Crippen LogP contribution is 2.42. The van der Waals surface area contributed by atoms with Crippen LogP contribution in [0.1, 0.15) is 245 Å². The Balaban J connectivity index is 3.53. The number of amides is 1. The lowest BCUT2D eigenvalue weighted by atomic mass is 10.0. The Bertz CT molecular complexity index is 948. The Kier molecular flexibility index (Phi) is 43.3. The van der Waals surface area contributed by atoms with E-state index in [0.717, 1.165) is 57.8 Å². The van der Waals surface area contributed by atoms with Crippen molar-refractivity contribution in [2.45, 2.75) is 251 Å². The van der Waals surface area contributed by atoms with Crippen molar-refractivity contribution in [1.29, 1.82) is 0 Å². The van der Waals surface area contributed by atoms with Gasteiger partial charge in [0.05, 0.1) is 13.2 Å². The van der Waals surface area contributed by atoms with Crippen LogP contribution in [0.15, 0.2) is 12.2 Å². The predicted octanol–water partition coefficient (Wildman–Crippen LogP) is 13.8. The second-order valence-electron chi connectivity index (χ2n) is 16.4. The van der Waals surface area contributed by atoms with E-state index in [0.29, 0.717) is 6.42 Å². The lowest BCUT2D eigenvalue weighted by molar-refractivity contribution is -0.147. The molecule has 2 atom stereocenters. The van der Waals surface area contributed by atoms with Crippen LogP contribution in [0.2, 0.25) is 0 Å². The molecule has 1 amide bonds. The van der Waals surface area contributed by atoms with Gasteiger partial charge in [-0.1, -0.05) is 206 Å². The Morgan fingerprint density at radius 3 is 1.32 bits per heavy atom. The van der Waals surface area contributed by atoms with Gasteiger partial charge in [-0.15, -0.1) is 0 Å². The highest BCUT2D eigenvalue weighted by atomic mass is 31.2. The monoisotopic (exact) mass is 830 g/mol. The van der Waals surface area contributed by atoms with Crippen LogP contribution in [0.4, 0.5) is 0 Å². The zero-order chi connectivity index (χ0) is 41.8. The van der Waals surface area contributed by atoms with Gasteiger partial charge in [-0.05, 0) is 38.5 Å². The van der Waals surface area contributed by atoms with Crippen molar-refractivity contribution < 1.29 is 37.9 Å². The van der Waals surface area contributed by atoms with Crippen LogP contribution in [0.5, 0.6) is 0 Å². The topological polar surface area (TPSA) is 131 Å². The molecule has 338 valence electrons. The number of nitrogens with one attached hydrogen (secondary N) is 1. The largest absolute Gasteiger partial charge is 0.472 e. The van der Waals surface area contributed by atoms with E-state index in [4.69, 9.17) is 13.8 Å². The molecular weight excluding hydrogens is 737 g/mol. The summed E-state index contributed by atoms with van der Waals surface area (Å²) in [7, 11) is -4.42. The fourth-order valence-corrected chi connectivity index (χ4v) is 7.78. The first-order valence-corrected chi connectivity index (χ1v) is 25.7. The van der Waals surface area contributed by atoms with Gasteiger partial charge >= 0.3 is 13.8 Å². The van der Waals surface area contributed by atoms with E-state index in [-0.39, 0.29) is 32.1 Å². The van der Waals surface area contributed by atoms with Gasteiger partial charge in [-0.25, -0.2) is 4.57 Å². The number of rotatable bonds is 46. The summed E-state index contributed by atoms with van der Waals surface area (Å²) >= 11 is 0. The molecule has 0 rings (SSSR count). The summed E-state index contributed by atoms with van der Waals surface area (Å²) in [5.41, 5.74) is 0. The lowest BCUT2D eigenvalue weighted by Gasteiger charge is -2.15. The van der Waals surface area contributed by atoms with E-state index in [9.17, 15) is 24.2 Å². The number of aliphatic hydroxyl groups excluding tert-OH is 1. The number of carbonyl (C=O) groups is 2. The first-order chi connectivity index (χ1) is 27.8. The molecule has 0 bridgehead atoms. The Labute approximate surface area is 351 Å². The Morgan fingerprint density at radius 1 is 0.526 bits per heavy atom. The van der Waals surface area contributed by atoms with Crippen LogP contribution in [0.25, 0.3) is 0 Å². The molecule has 10 heteroatoms. The van der Waals surface area contributed by atoms with Crippen LogP contribution >= 0.6 is 7.82 Å². The summed E-state index contributed by atoms with van der Waals surface area (Å²) < 4.78 is 26.9. The molecule has 57 heavy (non-hydrogen) atoms. The quantitative estimate of drug-likeness (QED) is 0.0239. The average Bonchev–Trinajstić information content (AvgIpc) is 3.20. The van der Waals surface area contributed by atoms with E-state index in [1.165, 1.54) is 161 Å². The molecule has 0 saturated carbocycles. The molecule has 2 unspecified atom stereocenters.